The smallest absolute Gasteiger partial charge is 0.243 e. The zero-order chi connectivity index (χ0) is 20.9. The largest absolute Gasteiger partial charge is 0.492 e. The van der Waals surface area contributed by atoms with E-state index in [0.717, 1.165) is 16.1 Å². The molecule has 2 aromatic rings. The predicted octanol–water partition coefficient (Wildman–Crippen LogP) is 3.65. The van der Waals surface area contributed by atoms with Crippen molar-refractivity contribution in [1.82, 2.24) is 5.32 Å². The van der Waals surface area contributed by atoms with Gasteiger partial charge < -0.3 is 10.1 Å². The second-order valence-electron chi connectivity index (χ2n) is 6.31. The number of anilines is 1. The highest BCUT2D eigenvalue weighted by Gasteiger charge is 2.29. The SMILES string of the molecule is Cc1ccc(OCCNC(=O)[C@@H](C)N(c2cc(Cl)cc(Cl)c2)S(C)(=O)=O)cc1. The number of hydrogen-bond acceptors (Lipinski definition) is 4. The summed E-state index contributed by atoms with van der Waals surface area (Å²) < 4.78 is 31.1. The second-order valence-corrected chi connectivity index (χ2v) is 9.05. The van der Waals surface area contributed by atoms with E-state index in [-0.39, 0.29) is 28.9 Å². The lowest BCUT2D eigenvalue weighted by molar-refractivity contribution is -0.121. The van der Waals surface area contributed by atoms with E-state index in [0.29, 0.717) is 5.75 Å². The van der Waals surface area contributed by atoms with Crippen molar-refractivity contribution in [3.05, 3.63) is 58.1 Å². The first-order valence-electron chi connectivity index (χ1n) is 8.50. The summed E-state index contributed by atoms with van der Waals surface area (Å²) in [6.07, 6.45) is 1.02. The van der Waals surface area contributed by atoms with Gasteiger partial charge in [-0.05, 0) is 44.2 Å². The third-order valence-corrected chi connectivity index (χ3v) is 5.56. The fraction of sp³-hybridized carbons (Fsp3) is 0.316. The van der Waals surface area contributed by atoms with Crippen LogP contribution in [-0.4, -0.2) is 39.8 Å². The molecule has 0 radical (unpaired) electrons. The van der Waals surface area contributed by atoms with E-state index in [2.05, 4.69) is 5.32 Å². The molecule has 2 aromatic carbocycles. The minimum Gasteiger partial charge on any atom is -0.492 e. The minimum atomic E-state index is -3.75. The second kappa shape index (κ2) is 9.49. The molecule has 0 heterocycles. The molecule has 28 heavy (non-hydrogen) atoms. The van der Waals surface area contributed by atoms with Crippen LogP contribution < -0.4 is 14.4 Å². The molecule has 6 nitrogen and oxygen atoms in total. The van der Waals surface area contributed by atoms with Gasteiger partial charge in [0.25, 0.3) is 0 Å². The van der Waals surface area contributed by atoms with Crippen molar-refractivity contribution >= 4 is 44.8 Å². The number of hydrogen-bond donors (Lipinski definition) is 1. The van der Waals surface area contributed by atoms with Gasteiger partial charge in [-0.25, -0.2) is 8.42 Å². The molecule has 0 saturated carbocycles. The average molecular weight is 445 g/mol. The van der Waals surface area contributed by atoms with Crippen molar-refractivity contribution in [2.45, 2.75) is 19.9 Å². The molecule has 1 amide bonds. The Labute approximate surface area is 175 Å². The molecular formula is C19H22Cl2N2O4S. The molecule has 152 valence electrons. The maximum atomic E-state index is 12.5. The normalized spacial score (nSPS) is 12.3. The van der Waals surface area contributed by atoms with Gasteiger partial charge in [-0.15, -0.1) is 0 Å². The van der Waals surface area contributed by atoms with Gasteiger partial charge in [0.1, 0.15) is 18.4 Å². The van der Waals surface area contributed by atoms with Crippen molar-refractivity contribution in [2.24, 2.45) is 0 Å². The maximum absolute atomic E-state index is 12.5. The Bertz CT molecular complexity index is 913. The molecule has 0 aliphatic rings. The van der Waals surface area contributed by atoms with Crippen LogP contribution in [-0.2, 0) is 14.8 Å². The Morgan fingerprint density at radius 3 is 2.25 bits per heavy atom. The minimum absolute atomic E-state index is 0.221. The number of aryl methyl sites for hydroxylation is 1. The van der Waals surface area contributed by atoms with Crippen LogP contribution in [0.25, 0.3) is 0 Å². The summed E-state index contributed by atoms with van der Waals surface area (Å²) in [5.74, 6) is 0.230. The van der Waals surface area contributed by atoms with Crippen molar-refractivity contribution in [1.29, 1.82) is 0 Å². The van der Waals surface area contributed by atoms with Crippen molar-refractivity contribution in [3.8, 4) is 5.75 Å². The van der Waals surface area contributed by atoms with Gasteiger partial charge in [0.05, 0.1) is 18.5 Å². The summed E-state index contributed by atoms with van der Waals surface area (Å²) in [6, 6.07) is 10.9. The van der Waals surface area contributed by atoms with Crippen molar-refractivity contribution < 1.29 is 17.9 Å². The number of amides is 1. The molecule has 0 aromatic heterocycles. The fourth-order valence-electron chi connectivity index (χ4n) is 2.60. The van der Waals surface area contributed by atoms with Gasteiger partial charge in [0.15, 0.2) is 0 Å². The van der Waals surface area contributed by atoms with Gasteiger partial charge in [-0.1, -0.05) is 40.9 Å². The fourth-order valence-corrected chi connectivity index (χ4v) is 4.27. The van der Waals surface area contributed by atoms with E-state index in [1.807, 2.05) is 31.2 Å². The Hall–Kier alpha value is -1.96. The monoisotopic (exact) mass is 444 g/mol. The first kappa shape index (κ1) is 22.3. The third-order valence-electron chi connectivity index (χ3n) is 3.88. The van der Waals surface area contributed by atoms with E-state index < -0.39 is 22.0 Å². The van der Waals surface area contributed by atoms with Crippen LogP contribution >= 0.6 is 23.2 Å². The van der Waals surface area contributed by atoms with Gasteiger partial charge >= 0.3 is 0 Å². The molecule has 2 rings (SSSR count). The molecule has 1 atom stereocenters. The number of benzene rings is 2. The highest BCUT2D eigenvalue weighted by molar-refractivity contribution is 7.92. The maximum Gasteiger partial charge on any atom is 0.243 e. The van der Waals surface area contributed by atoms with Crippen LogP contribution in [0.3, 0.4) is 0 Å². The molecule has 9 heteroatoms. The first-order valence-corrected chi connectivity index (χ1v) is 11.1. The molecule has 1 N–H and O–H groups in total. The Morgan fingerprint density at radius 1 is 1.14 bits per heavy atom. The number of ether oxygens (including phenoxy) is 1. The zero-order valence-electron chi connectivity index (χ0n) is 15.8. The molecule has 0 fully saturated rings. The van der Waals surface area contributed by atoms with Crippen LogP contribution in [0.4, 0.5) is 5.69 Å². The zero-order valence-corrected chi connectivity index (χ0v) is 18.1. The number of nitrogens with one attached hydrogen (secondary N) is 1. The van der Waals surface area contributed by atoms with Crippen LogP contribution in [0, 0.1) is 6.92 Å². The van der Waals surface area contributed by atoms with E-state index in [9.17, 15) is 13.2 Å². The Balaban J connectivity index is 2.02. The lowest BCUT2D eigenvalue weighted by Gasteiger charge is -2.28. The van der Waals surface area contributed by atoms with Crippen LogP contribution in [0.2, 0.25) is 10.0 Å². The standard InChI is InChI=1S/C19H22Cl2N2O4S/c1-13-4-6-18(7-5-13)27-9-8-22-19(24)14(2)23(28(3,25)26)17-11-15(20)10-16(21)12-17/h4-7,10-12,14H,8-9H2,1-3H3,(H,22,24)/t14-/m1/s1. The van der Waals surface area contributed by atoms with Crippen LogP contribution in [0.1, 0.15) is 12.5 Å². The number of nitrogens with zero attached hydrogens (tertiary/aromatic N) is 1. The van der Waals surface area contributed by atoms with E-state index in [1.54, 1.807) is 0 Å². The van der Waals surface area contributed by atoms with Gasteiger partial charge in [0.2, 0.25) is 15.9 Å². The number of carbonyl (C=O) groups is 1. The summed E-state index contributed by atoms with van der Waals surface area (Å²) in [7, 11) is -3.75. The summed E-state index contributed by atoms with van der Waals surface area (Å²) >= 11 is 12.0. The summed E-state index contributed by atoms with van der Waals surface area (Å²) in [6.45, 7) is 3.95. The number of rotatable bonds is 8. The predicted molar refractivity (Wildman–Crippen MR) is 113 cm³/mol. The Morgan fingerprint density at radius 2 is 1.71 bits per heavy atom. The quantitative estimate of drug-likeness (QED) is 0.630. The molecule has 0 unspecified atom stereocenters. The summed E-state index contributed by atoms with van der Waals surface area (Å²) in [5, 5.41) is 3.23. The number of carbonyl (C=O) groups excluding carboxylic acids is 1. The summed E-state index contributed by atoms with van der Waals surface area (Å²) in [4.78, 5) is 12.5. The molecule has 0 spiro atoms. The van der Waals surface area contributed by atoms with Gasteiger partial charge in [0, 0.05) is 10.0 Å². The summed E-state index contributed by atoms with van der Waals surface area (Å²) in [5.41, 5.74) is 1.34. The molecule has 0 bridgehead atoms. The highest BCUT2D eigenvalue weighted by atomic mass is 35.5. The lowest BCUT2D eigenvalue weighted by atomic mass is 10.2. The number of sulfonamides is 1. The number of halogens is 2. The van der Waals surface area contributed by atoms with Gasteiger partial charge in [-0.2, -0.15) is 0 Å². The first-order chi connectivity index (χ1) is 13.1. The van der Waals surface area contributed by atoms with Crippen molar-refractivity contribution in [2.75, 3.05) is 23.7 Å². The van der Waals surface area contributed by atoms with Crippen LogP contribution in [0.5, 0.6) is 5.75 Å². The lowest BCUT2D eigenvalue weighted by Crippen LogP contribution is -2.48. The van der Waals surface area contributed by atoms with E-state index in [1.165, 1.54) is 25.1 Å². The third kappa shape index (κ3) is 6.29. The van der Waals surface area contributed by atoms with E-state index in [4.69, 9.17) is 27.9 Å². The van der Waals surface area contributed by atoms with Crippen molar-refractivity contribution in [3.63, 3.8) is 0 Å². The molecule has 0 saturated heterocycles. The average Bonchev–Trinajstić information content (AvgIpc) is 2.58. The molecular weight excluding hydrogens is 423 g/mol. The highest BCUT2D eigenvalue weighted by Crippen LogP contribution is 2.28. The molecule has 0 aliphatic carbocycles. The van der Waals surface area contributed by atoms with Gasteiger partial charge in [-0.3, -0.25) is 9.10 Å². The molecule has 0 aliphatic heterocycles. The Kier molecular flexibility index (Phi) is 7.57. The van der Waals surface area contributed by atoms with E-state index >= 15 is 0 Å². The topological polar surface area (TPSA) is 75.7 Å². The van der Waals surface area contributed by atoms with Crippen LogP contribution in [0.15, 0.2) is 42.5 Å².